The molecular weight excluding hydrogens is 224 g/mol. The second-order valence-electron chi connectivity index (χ2n) is 3.44. The molecule has 86 valence electrons. The van der Waals surface area contributed by atoms with E-state index in [1.165, 1.54) is 11.5 Å². The van der Waals surface area contributed by atoms with Crippen molar-refractivity contribution < 1.29 is 0 Å². The van der Waals surface area contributed by atoms with Gasteiger partial charge in [0.05, 0.1) is 6.54 Å². The molecule has 2 heterocycles. The molecule has 0 aliphatic rings. The van der Waals surface area contributed by atoms with Crippen LogP contribution in [0.5, 0.6) is 0 Å². The van der Waals surface area contributed by atoms with E-state index in [1.54, 1.807) is 0 Å². The van der Waals surface area contributed by atoms with Crippen LogP contribution in [-0.2, 0) is 6.54 Å². The lowest BCUT2D eigenvalue weighted by molar-refractivity contribution is 0.643. The van der Waals surface area contributed by atoms with Crippen molar-refractivity contribution in [2.45, 2.75) is 27.3 Å². The maximum atomic E-state index is 4.30. The van der Waals surface area contributed by atoms with Gasteiger partial charge in [-0.3, -0.25) is 0 Å². The van der Waals surface area contributed by atoms with Crippen molar-refractivity contribution in [3.05, 3.63) is 17.3 Å². The van der Waals surface area contributed by atoms with E-state index in [0.717, 1.165) is 28.9 Å². The van der Waals surface area contributed by atoms with E-state index in [4.69, 9.17) is 0 Å². The SMILES string of the molecule is CCNc1snnc1Cn1nc(C)nc1C. The lowest BCUT2D eigenvalue weighted by atomic mass is 10.4. The van der Waals surface area contributed by atoms with Gasteiger partial charge >= 0.3 is 0 Å². The molecule has 7 heteroatoms. The maximum Gasteiger partial charge on any atom is 0.147 e. The van der Waals surface area contributed by atoms with Crippen LogP contribution in [0, 0.1) is 13.8 Å². The molecule has 0 aliphatic carbocycles. The predicted octanol–water partition coefficient (Wildman–Crippen LogP) is 1.23. The molecule has 0 bridgehead atoms. The number of anilines is 1. The highest BCUT2D eigenvalue weighted by Gasteiger charge is 2.10. The van der Waals surface area contributed by atoms with Crippen LogP contribution in [-0.4, -0.2) is 30.9 Å². The summed E-state index contributed by atoms with van der Waals surface area (Å²) in [6.07, 6.45) is 0. The molecule has 0 saturated heterocycles. The van der Waals surface area contributed by atoms with E-state index >= 15 is 0 Å². The molecule has 0 fully saturated rings. The minimum absolute atomic E-state index is 0.617. The van der Waals surface area contributed by atoms with E-state index in [-0.39, 0.29) is 0 Å². The molecule has 0 aromatic carbocycles. The second-order valence-corrected chi connectivity index (χ2v) is 4.20. The lowest BCUT2D eigenvalue weighted by Gasteiger charge is -2.03. The predicted molar refractivity (Wildman–Crippen MR) is 62.7 cm³/mol. The van der Waals surface area contributed by atoms with Gasteiger partial charge in [-0.25, -0.2) is 9.67 Å². The van der Waals surface area contributed by atoms with E-state index in [1.807, 2.05) is 25.5 Å². The van der Waals surface area contributed by atoms with Crippen molar-refractivity contribution in [2.75, 3.05) is 11.9 Å². The number of hydrogen-bond donors (Lipinski definition) is 1. The van der Waals surface area contributed by atoms with Gasteiger partial charge in [0.25, 0.3) is 0 Å². The number of nitrogens with zero attached hydrogens (tertiary/aromatic N) is 5. The molecule has 2 aromatic heterocycles. The van der Waals surface area contributed by atoms with Gasteiger partial charge in [0, 0.05) is 18.1 Å². The van der Waals surface area contributed by atoms with Crippen LogP contribution in [0.25, 0.3) is 0 Å². The molecule has 0 radical (unpaired) electrons. The molecule has 6 nitrogen and oxygen atoms in total. The Kier molecular flexibility index (Phi) is 3.14. The van der Waals surface area contributed by atoms with Gasteiger partial charge in [-0.15, -0.1) is 5.10 Å². The summed E-state index contributed by atoms with van der Waals surface area (Å²) < 4.78 is 5.78. The standard InChI is InChI=1S/C9H14N6S/c1-4-10-9-8(12-14-16-9)5-15-7(3)11-6(2)13-15/h10H,4-5H2,1-3H3. The lowest BCUT2D eigenvalue weighted by Crippen LogP contribution is -2.07. The van der Waals surface area contributed by atoms with Crippen molar-refractivity contribution in [2.24, 2.45) is 0 Å². The van der Waals surface area contributed by atoms with Crippen LogP contribution in [0.3, 0.4) is 0 Å². The first-order chi connectivity index (χ1) is 7.70. The fourth-order valence-corrected chi connectivity index (χ4v) is 2.10. The third-order valence-electron chi connectivity index (χ3n) is 2.16. The molecule has 1 N–H and O–H groups in total. The van der Waals surface area contributed by atoms with Crippen LogP contribution in [0.1, 0.15) is 24.3 Å². The summed E-state index contributed by atoms with van der Waals surface area (Å²) in [5.74, 6) is 1.68. The monoisotopic (exact) mass is 238 g/mol. The normalized spacial score (nSPS) is 10.7. The summed E-state index contributed by atoms with van der Waals surface area (Å²) in [5.41, 5.74) is 0.917. The van der Waals surface area contributed by atoms with Crippen molar-refractivity contribution in [1.29, 1.82) is 0 Å². The number of aryl methyl sites for hydroxylation is 2. The Bertz CT molecular complexity index is 474. The van der Waals surface area contributed by atoms with Crippen molar-refractivity contribution >= 4 is 16.5 Å². The molecule has 0 unspecified atom stereocenters. The fourth-order valence-electron chi connectivity index (χ4n) is 1.46. The molecule has 16 heavy (non-hydrogen) atoms. The Labute approximate surface area is 97.9 Å². The van der Waals surface area contributed by atoms with E-state index in [2.05, 4.69) is 25.0 Å². The first-order valence-corrected chi connectivity index (χ1v) is 5.91. The minimum atomic E-state index is 0.617. The zero-order valence-electron chi connectivity index (χ0n) is 9.56. The fraction of sp³-hybridized carbons (Fsp3) is 0.556. The van der Waals surface area contributed by atoms with Crippen molar-refractivity contribution in [3.63, 3.8) is 0 Å². The summed E-state index contributed by atoms with van der Waals surface area (Å²) in [4.78, 5) is 4.25. The summed E-state index contributed by atoms with van der Waals surface area (Å²) in [6.45, 7) is 7.35. The van der Waals surface area contributed by atoms with Gasteiger partial charge in [-0.05, 0) is 20.8 Å². The molecule has 0 spiro atoms. The molecule has 0 saturated carbocycles. The average Bonchev–Trinajstić information content (AvgIpc) is 2.77. The third kappa shape index (κ3) is 2.19. The quantitative estimate of drug-likeness (QED) is 0.867. The van der Waals surface area contributed by atoms with Crippen LogP contribution < -0.4 is 5.32 Å². The molecule has 0 amide bonds. The van der Waals surface area contributed by atoms with E-state index in [9.17, 15) is 0 Å². The molecular formula is C9H14N6S. The molecule has 0 aliphatic heterocycles. The topological polar surface area (TPSA) is 68.5 Å². The van der Waals surface area contributed by atoms with Crippen LogP contribution in [0.2, 0.25) is 0 Å². The molecule has 0 atom stereocenters. The van der Waals surface area contributed by atoms with Crippen LogP contribution in [0.4, 0.5) is 5.00 Å². The Morgan fingerprint density at radius 2 is 2.19 bits per heavy atom. The number of aromatic nitrogens is 5. The second kappa shape index (κ2) is 4.56. The zero-order valence-corrected chi connectivity index (χ0v) is 10.4. The van der Waals surface area contributed by atoms with Crippen molar-refractivity contribution in [3.8, 4) is 0 Å². The van der Waals surface area contributed by atoms with Gasteiger partial charge in [0.2, 0.25) is 0 Å². The smallest absolute Gasteiger partial charge is 0.147 e. The van der Waals surface area contributed by atoms with Gasteiger partial charge < -0.3 is 5.32 Å². The Balaban J connectivity index is 2.20. The van der Waals surface area contributed by atoms with Gasteiger partial charge in [-0.1, -0.05) is 4.49 Å². The largest absolute Gasteiger partial charge is 0.374 e. The van der Waals surface area contributed by atoms with Gasteiger partial charge in [0.1, 0.15) is 22.3 Å². The summed E-state index contributed by atoms with van der Waals surface area (Å²) in [5, 5.41) is 12.6. The first-order valence-electron chi connectivity index (χ1n) is 5.14. The molecule has 2 aromatic rings. The average molecular weight is 238 g/mol. The molecule has 2 rings (SSSR count). The maximum absolute atomic E-state index is 4.30. The minimum Gasteiger partial charge on any atom is -0.374 e. The van der Waals surface area contributed by atoms with Gasteiger partial charge in [-0.2, -0.15) is 5.10 Å². The van der Waals surface area contributed by atoms with E-state index in [0.29, 0.717) is 6.54 Å². The highest BCUT2D eigenvalue weighted by molar-refractivity contribution is 7.10. The Hall–Kier alpha value is -1.50. The highest BCUT2D eigenvalue weighted by atomic mass is 32.1. The Morgan fingerprint density at radius 3 is 2.81 bits per heavy atom. The number of nitrogens with one attached hydrogen (secondary N) is 1. The van der Waals surface area contributed by atoms with Crippen molar-refractivity contribution in [1.82, 2.24) is 24.4 Å². The number of rotatable bonds is 4. The highest BCUT2D eigenvalue weighted by Crippen LogP contribution is 2.18. The number of hydrogen-bond acceptors (Lipinski definition) is 6. The van der Waals surface area contributed by atoms with E-state index < -0.39 is 0 Å². The van der Waals surface area contributed by atoms with Gasteiger partial charge in [0.15, 0.2) is 0 Å². The van der Waals surface area contributed by atoms with Crippen LogP contribution in [0.15, 0.2) is 0 Å². The summed E-state index contributed by atoms with van der Waals surface area (Å²) in [6, 6.07) is 0. The first kappa shape index (κ1) is 11.0. The third-order valence-corrected chi connectivity index (χ3v) is 2.88. The van der Waals surface area contributed by atoms with Crippen LogP contribution >= 0.6 is 11.5 Å². The zero-order chi connectivity index (χ0) is 11.5. The Morgan fingerprint density at radius 1 is 1.38 bits per heavy atom. The summed E-state index contributed by atoms with van der Waals surface area (Å²) in [7, 11) is 0. The summed E-state index contributed by atoms with van der Waals surface area (Å²) >= 11 is 1.37.